The van der Waals surface area contributed by atoms with E-state index in [2.05, 4.69) is 0 Å². The number of benzene rings is 1. The fourth-order valence-corrected chi connectivity index (χ4v) is 3.14. The second kappa shape index (κ2) is 10.4. The van der Waals surface area contributed by atoms with Crippen molar-refractivity contribution in [2.24, 2.45) is 0 Å². The van der Waals surface area contributed by atoms with Gasteiger partial charge in [-0.3, -0.25) is 0 Å². The largest absolute Gasteiger partial charge is 0.489 e. The number of rotatable bonds is 11. The van der Waals surface area contributed by atoms with Gasteiger partial charge in [0.1, 0.15) is 17.9 Å². The third kappa shape index (κ3) is 7.78. The number of aliphatic hydroxyl groups excluding tert-OH is 2. The van der Waals surface area contributed by atoms with Crippen LogP contribution >= 0.6 is 0 Å². The maximum Gasteiger partial charge on any atom is 0.336 e. The Hall–Kier alpha value is -2.19. The van der Waals surface area contributed by atoms with Gasteiger partial charge in [0.05, 0.1) is 23.4 Å². The summed E-state index contributed by atoms with van der Waals surface area (Å²) in [5, 5.41) is 41.4. The van der Waals surface area contributed by atoms with E-state index in [0.717, 1.165) is 11.0 Å². The summed E-state index contributed by atoms with van der Waals surface area (Å²) in [5.74, 6) is 0.583. The van der Waals surface area contributed by atoms with Gasteiger partial charge in [-0.25, -0.2) is 4.79 Å². The molecule has 0 aliphatic heterocycles. The molecule has 172 valence electrons. The lowest BCUT2D eigenvalue weighted by atomic mass is 9.86. The van der Waals surface area contributed by atoms with Crippen molar-refractivity contribution in [3.63, 3.8) is 0 Å². The van der Waals surface area contributed by atoms with Crippen molar-refractivity contribution in [1.82, 2.24) is 0 Å². The zero-order valence-corrected chi connectivity index (χ0v) is 18.7. The first kappa shape index (κ1) is 25.1. The first-order chi connectivity index (χ1) is 14.4. The third-order valence-corrected chi connectivity index (χ3v) is 5.55. The molecule has 2 aromatic rings. The Balaban J connectivity index is 1.82. The van der Waals surface area contributed by atoms with Crippen molar-refractivity contribution in [2.75, 3.05) is 6.61 Å². The zero-order chi connectivity index (χ0) is 23.2. The molecule has 0 fully saturated rings. The summed E-state index contributed by atoms with van der Waals surface area (Å²) in [5.41, 5.74) is -1.57. The quantitative estimate of drug-likeness (QED) is 0.317. The summed E-state index contributed by atoms with van der Waals surface area (Å²) < 4.78 is 10.8. The SMILES string of the molecule is C/C(=C\COc1ccc2ccc(=O)oc2c1)CC[C@H](O)[C@](C)(O)CC[C@@H](O)C(C)(C)O. The van der Waals surface area contributed by atoms with E-state index in [9.17, 15) is 25.2 Å². The van der Waals surface area contributed by atoms with E-state index in [-0.39, 0.29) is 12.8 Å². The average Bonchev–Trinajstić information content (AvgIpc) is 2.69. The topological polar surface area (TPSA) is 120 Å². The van der Waals surface area contributed by atoms with E-state index in [4.69, 9.17) is 9.15 Å². The summed E-state index contributed by atoms with van der Waals surface area (Å²) in [4.78, 5) is 11.3. The molecular formula is C24H34O7. The molecule has 1 aromatic carbocycles. The van der Waals surface area contributed by atoms with Crippen molar-refractivity contribution >= 4 is 11.0 Å². The van der Waals surface area contributed by atoms with Crippen LogP contribution in [-0.2, 0) is 0 Å². The van der Waals surface area contributed by atoms with Gasteiger partial charge in [0, 0.05) is 17.5 Å². The van der Waals surface area contributed by atoms with Crippen LogP contribution in [0.1, 0.15) is 53.4 Å². The first-order valence-corrected chi connectivity index (χ1v) is 10.5. The number of aliphatic hydroxyl groups is 4. The molecule has 0 amide bonds. The minimum absolute atomic E-state index is 0.170. The number of allylic oxidation sites excluding steroid dienone is 1. The fraction of sp³-hybridized carbons (Fsp3) is 0.542. The van der Waals surface area contributed by atoms with Crippen LogP contribution in [0.25, 0.3) is 11.0 Å². The first-order valence-electron chi connectivity index (χ1n) is 10.5. The Labute approximate surface area is 182 Å². The lowest BCUT2D eigenvalue weighted by Gasteiger charge is -2.32. The van der Waals surface area contributed by atoms with Crippen LogP contribution < -0.4 is 10.4 Å². The highest BCUT2D eigenvalue weighted by Crippen LogP contribution is 2.25. The molecule has 0 aliphatic rings. The second-order valence-electron chi connectivity index (χ2n) is 8.94. The summed E-state index contributed by atoms with van der Waals surface area (Å²) in [7, 11) is 0. The third-order valence-electron chi connectivity index (χ3n) is 5.55. The summed E-state index contributed by atoms with van der Waals surface area (Å²) >= 11 is 0. The minimum Gasteiger partial charge on any atom is -0.489 e. The molecule has 31 heavy (non-hydrogen) atoms. The van der Waals surface area contributed by atoms with Gasteiger partial charge < -0.3 is 29.6 Å². The van der Waals surface area contributed by atoms with Crippen molar-refractivity contribution in [1.29, 1.82) is 0 Å². The van der Waals surface area contributed by atoms with Gasteiger partial charge in [0.25, 0.3) is 0 Å². The predicted molar refractivity (Wildman–Crippen MR) is 119 cm³/mol. The van der Waals surface area contributed by atoms with E-state index in [1.807, 2.05) is 19.1 Å². The molecule has 0 saturated heterocycles. The van der Waals surface area contributed by atoms with E-state index >= 15 is 0 Å². The van der Waals surface area contributed by atoms with Crippen molar-refractivity contribution < 1.29 is 29.6 Å². The molecule has 2 rings (SSSR count). The van der Waals surface area contributed by atoms with Gasteiger partial charge in [-0.05, 0) is 77.7 Å². The van der Waals surface area contributed by atoms with E-state index in [1.54, 1.807) is 18.2 Å². The monoisotopic (exact) mass is 434 g/mol. The molecule has 7 heteroatoms. The van der Waals surface area contributed by atoms with Crippen LogP contribution in [0.15, 0.2) is 51.2 Å². The average molecular weight is 435 g/mol. The van der Waals surface area contributed by atoms with Crippen molar-refractivity contribution in [3.05, 3.63) is 52.4 Å². The Morgan fingerprint density at radius 1 is 1.10 bits per heavy atom. The molecule has 3 atom stereocenters. The van der Waals surface area contributed by atoms with Crippen molar-refractivity contribution in [3.8, 4) is 5.75 Å². The summed E-state index contributed by atoms with van der Waals surface area (Å²) in [6.07, 6.45) is 1.23. The Morgan fingerprint density at radius 3 is 2.45 bits per heavy atom. The number of ether oxygens (including phenoxy) is 1. The minimum atomic E-state index is -1.36. The molecule has 0 aliphatic carbocycles. The number of hydrogen-bond acceptors (Lipinski definition) is 7. The molecule has 4 N–H and O–H groups in total. The molecule has 0 unspecified atom stereocenters. The van der Waals surface area contributed by atoms with Gasteiger partial charge in [0.15, 0.2) is 0 Å². The molecule has 1 heterocycles. The number of hydrogen-bond donors (Lipinski definition) is 4. The lowest BCUT2D eigenvalue weighted by Crippen LogP contribution is -2.42. The van der Waals surface area contributed by atoms with Gasteiger partial charge in [0.2, 0.25) is 0 Å². The smallest absolute Gasteiger partial charge is 0.336 e. The van der Waals surface area contributed by atoms with E-state index < -0.39 is 29.0 Å². The zero-order valence-electron chi connectivity index (χ0n) is 18.7. The van der Waals surface area contributed by atoms with Crippen LogP contribution in [0.2, 0.25) is 0 Å². The fourth-order valence-electron chi connectivity index (χ4n) is 3.14. The van der Waals surface area contributed by atoms with Crippen molar-refractivity contribution in [2.45, 2.75) is 76.8 Å². The number of fused-ring (bicyclic) bond motifs is 1. The van der Waals surface area contributed by atoms with Gasteiger partial charge in [-0.2, -0.15) is 0 Å². The standard InChI is InChI=1S/C24H34O7/c1-16(5-9-21(26)24(4,29)13-11-20(25)23(2,3)28)12-14-30-18-8-6-17-7-10-22(27)31-19(17)15-18/h6-8,10,12,15,20-21,25-26,28-29H,5,9,11,13-14H2,1-4H3/b16-12+/t20-,21+,24-/m1/s1. The molecule has 7 nitrogen and oxygen atoms in total. The van der Waals surface area contributed by atoms with E-state index in [0.29, 0.717) is 30.8 Å². The lowest BCUT2D eigenvalue weighted by molar-refractivity contribution is -0.0946. The van der Waals surface area contributed by atoms with Gasteiger partial charge in [-0.15, -0.1) is 0 Å². The van der Waals surface area contributed by atoms with E-state index in [1.165, 1.54) is 26.8 Å². The molecule has 0 radical (unpaired) electrons. The normalized spacial score (nSPS) is 16.7. The summed E-state index contributed by atoms with van der Waals surface area (Å²) in [6, 6.07) is 8.35. The highest BCUT2D eigenvalue weighted by Gasteiger charge is 2.33. The van der Waals surface area contributed by atoms with Crippen LogP contribution in [-0.4, -0.2) is 50.4 Å². The Kier molecular flexibility index (Phi) is 8.42. The molecule has 0 spiro atoms. The van der Waals surface area contributed by atoms with Gasteiger partial charge >= 0.3 is 5.63 Å². The highest BCUT2D eigenvalue weighted by atomic mass is 16.5. The highest BCUT2D eigenvalue weighted by molar-refractivity contribution is 5.77. The maximum absolute atomic E-state index is 11.3. The Bertz CT molecular complexity index is 937. The Morgan fingerprint density at radius 2 is 1.77 bits per heavy atom. The van der Waals surface area contributed by atoms with Crippen LogP contribution in [0.3, 0.4) is 0 Å². The van der Waals surface area contributed by atoms with Gasteiger partial charge in [-0.1, -0.05) is 5.57 Å². The molecule has 0 saturated carbocycles. The molecule has 1 aromatic heterocycles. The predicted octanol–water partition coefficient (Wildman–Crippen LogP) is 2.92. The van der Waals surface area contributed by atoms with Crippen LogP contribution in [0.4, 0.5) is 0 Å². The second-order valence-corrected chi connectivity index (χ2v) is 8.94. The van der Waals surface area contributed by atoms with Crippen LogP contribution in [0.5, 0.6) is 5.75 Å². The summed E-state index contributed by atoms with van der Waals surface area (Å²) in [6.45, 7) is 6.79. The molecule has 0 bridgehead atoms. The van der Waals surface area contributed by atoms with Crippen LogP contribution in [0, 0.1) is 0 Å². The maximum atomic E-state index is 11.3. The molecular weight excluding hydrogens is 400 g/mol.